The van der Waals surface area contributed by atoms with Gasteiger partial charge in [-0.25, -0.2) is 0 Å². The number of carboxylic acids is 1. The quantitative estimate of drug-likeness (QED) is 0.132. The van der Waals surface area contributed by atoms with Crippen molar-refractivity contribution >= 4 is 5.97 Å². The first-order chi connectivity index (χ1) is 26.1. The molecule has 0 amide bonds. The number of aliphatic hydroxyl groups is 8. The highest BCUT2D eigenvalue weighted by Crippen LogP contribution is 2.77. The molecule has 9 N–H and O–H groups in total. The van der Waals surface area contributed by atoms with Crippen LogP contribution in [0.5, 0.6) is 0 Å². The summed E-state index contributed by atoms with van der Waals surface area (Å²) >= 11 is 0. The molecule has 0 spiro atoms. The normalized spacial score (nSPS) is 55.5. The van der Waals surface area contributed by atoms with Crippen LogP contribution in [-0.4, -0.2) is 139 Å². The number of rotatable bonds is 7. The Hall–Kier alpha value is -1.27. The Labute approximate surface area is 330 Å². The second-order valence-electron chi connectivity index (χ2n) is 20.3. The van der Waals surface area contributed by atoms with Crippen LogP contribution < -0.4 is 0 Å². The third-order valence-electron chi connectivity index (χ3n) is 17.7. The Morgan fingerprint density at radius 1 is 0.768 bits per heavy atom. The lowest BCUT2D eigenvalue weighted by Gasteiger charge is -2.73. The van der Waals surface area contributed by atoms with Gasteiger partial charge in [0.1, 0.15) is 48.8 Å². The first-order valence-electron chi connectivity index (χ1n) is 21.0. The van der Waals surface area contributed by atoms with Crippen molar-refractivity contribution in [1.29, 1.82) is 0 Å². The van der Waals surface area contributed by atoms with E-state index in [0.717, 1.165) is 32.1 Å². The molecule has 0 aromatic carbocycles. The minimum absolute atomic E-state index is 0.0588. The highest BCUT2D eigenvalue weighted by molar-refractivity contribution is 5.76. The number of allylic oxidation sites excluding steroid dienone is 2. The van der Waals surface area contributed by atoms with Crippen molar-refractivity contribution in [3.05, 3.63) is 11.6 Å². The number of aliphatic hydroxyl groups excluding tert-OH is 8. The van der Waals surface area contributed by atoms with E-state index in [1.807, 2.05) is 0 Å². The topological polar surface area (TPSA) is 236 Å². The van der Waals surface area contributed by atoms with Gasteiger partial charge in [-0.15, -0.1) is 0 Å². The Balaban J connectivity index is 1.16. The van der Waals surface area contributed by atoms with Gasteiger partial charge in [0.05, 0.1) is 30.8 Å². The van der Waals surface area contributed by atoms with Gasteiger partial charge in [-0.1, -0.05) is 53.2 Å². The van der Waals surface area contributed by atoms with Crippen molar-refractivity contribution in [2.75, 3.05) is 13.2 Å². The van der Waals surface area contributed by atoms with Crippen LogP contribution in [0, 0.1) is 56.7 Å². The molecule has 1 unspecified atom stereocenters. The molecule has 2 aliphatic heterocycles. The van der Waals surface area contributed by atoms with Crippen LogP contribution in [0.4, 0.5) is 0 Å². The fraction of sp³-hybridized carbons (Fsp3) is 0.929. The minimum Gasteiger partial charge on any atom is -0.481 e. The average molecular weight is 797 g/mol. The van der Waals surface area contributed by atoms with Crippen molar-refractivity contribution < 1.29 is 69.7 Å². The summed E-state index contributed by atoms with van der Waals surface area (Å²) in [6.45, 7) is 14.4. The van der Waals surface area contributed by atoms with Gasteiger partial charge in [0.25, 0.3) is 0 Å². The zero-order valence-electron chi connectivity index (χ0n) is 34.0. The van der Waals surface area contributed by atoms with E-state index in [1.54, 1.807) is 0 Å². The highest BCUT2D eigenvalue weighted by Gasteiger charge is 2.72. The predicted molar refractivity (Wildman–Crippen MR) is 199 cm³/mol. The molecular formula is C42H68O14. The Morgan fingerprint density at radius 2 is 1.39 bits per heavy atom. The summed E-state index contributed by atoms with van der Waals surface area (Å²) in [4.78, 5) is 13.1. The van der Waals surface area contributed by atoms with E-state index >= 15 is 0 Å². The first-order valence-corrected chi connectivity index (χ1v) is 21.0. The first kappa shape index (κ1) is 42.8. The molecular weight excluding hydrogens is 728 g/mol. The van der Waals surface area contributed by atoms with Gasteiger partial charge in [-0.2, -0.15) is 0 Å². The van der Waals surface area contributed by atoms with Gasteiger partial charge in [0.2, 0.25) is 0 Å². The van der Waals surface area contributed by atoms with E-state index in [0.29, 0.717) is 19.3 Å². The van der Waals surface area contributed by atoms with Crippen LogP contribution in [0.2, 0.25) is 0 Å². The lowest BCUT2D eigenvalue weighted by Crippen LogP contribution is -2.70. The van der Waals surface area contributed by atoms with E-state index in [4.69, 9.17) is 18.9 Å². The van der Waals surface area contributed by atoms with Crippen molar-refractivity contribution in [1.82, 2.24) is 0 Å². The van der Waals surface area contributed by atoms with Crippen LogP contribution in [-0.2, 0) is 23.7 Å². The molecule has 0 bridgehead atoms. The number of carboxylic acid groups (broad SMARTS) is 1. The lowest BCUT2D eigenvalue weighted by atomic mass is 9.31. The molecule has 0 aromatic heterocycles. The van der Waals surface area contributed by atoms with Gasteiger partial charge in [0.15, 0.2) is 12.6 Å². The maximum atomic E-state index is 13.1. The van der Waals surface area contributed by atoms with Crippen molar-refractivity contribution in [3.63, 3.8) is 0 Å². The van der Waals surface area contributed by atoms with E-state index in [2.05, 4.69) is 54.5 Å². The van der Waals surface area contributed by atoms with Gasteiger partial charge < -0.3 is 64.9 Å². The number of hydrogen-bond acceptors (Lipinski definition) is 13. The highest BCUT2D eigenvalue weighted by atomic mass is 16.8. The van der Waals surface area contributed by atoms with Gasteiger partial charge >= 0.3 is 5.97 Å². The molecule has 14 nitrogen and oxygen atoms in total. The molecule has 7 rings (SSSR count). The molecule has 5 aliphatic carbocycles. The SMILES string of the molecule is CC1=CC[C@]2(C(=O)O)CC[C@]3(C)[C@H](CCC4[C@@]5(C)C[C@@H](O)[C@H](O[C@@H]6O[C@H](CO)[C@@H](O)[C@H](O)[C@H]6O[C@@H]6O[C@H](CO)[C@@H](O)[C@H](O)[C@H]6O)C(C)(C)[C@@H]5CC[C@]43C)[C@H]2[C@@H]1C. The molecule has 320 valence electrons. The number of carbonyl (C=O) groups is 1. The summed E-state index contributed by atoms with van der Waals surface area (Å²) in [6, 6.07) is 0. The number of hydrogen-bond donors (Lipinski definition) is 9. The Kier molecular flexibility index (Phi) is 11.3. The van der Waals surface area contributed by atoms with Gasteiger partial charge in [-0.05, 0) is 110 Å². The van der Waals surface area contributed by atoms with Crippen LogP contribution >= 0.6 is 0 Å². The maximum absolute atomic E-state index is 13.1. The molecule has 7 aliphatic rings. The van der Waals surface area contributed by atoms with Crippen molar-refractivity contribution in [2.45, 2.75) is 173 Å². The van der Waals surface area contributed by atoms with E-state index in [9.17, 15) is 50.8 Å². The van der Waals surface area contributed by atoms with Crippen LogP contribution in [0.3, 0.4) is 0 Å². The maximum Gasteiger partial charge on any atom is 0.310 e. The number of ether oxygens (including phenoxy) is 4. The Morgan fingerprint density at radius 3 is 2.02 bits per heavy atom. The molecule has 0 radical (unpaired) electrons. The zero-order valence-corrected chi connectivity index (χ0v) is 34.0. The third kappa shape index (κ3) is 6.05. The van der Waals surface area contributed by atoms with E-state index in [-0.39, 0.29) is 45.8 Å². The van der Waals surface area contributed by atoms with E-state index in [1.165, 1.54) is 5.57 Å². The molecule has 21 atom stereocenters. The van der Waals surface area contributed by atoms with Gasteiger partial charge in [0, 0.05) is 0 Å². The van der Waals surface area contributed by atoms with E-state index < -0.39 is 104 Å². The van der Waals surface area contributed by atoms with Crippen molar-refractivity contribution in [2.24, 2.45) is 56.7 Å². The van der Waals surface area contributed by atoms with Gasteiger partial charge in [-0.3, -0.25) is 4.79 Å². The molecule has 4 saturated carbocycles. The predicted octanol–water partition coefficient (Wildman–Crippen LogP) is 1.71. The molecule has 14 heteroatoms. The molecule has 6 fully saturated rings. The summed E-state index contributed by atoms with van der Waals surface area (Å²) < 4.78 is 24.2. The lowest BCUT2D eigenvalue weighted by molar-refractivity contribution is -0.383. The second kappa shape index (κ2) is 14.7. The molecule has 56 heavy (non-hydrogen) atoms. The van der Waals surface area contributed by atoms with Crippen LogP contribution in [0.1, 0.15) is 99.8 Å². The molecule has 2 heterocycles. The van der Waals surface area contributed by atoms with Crippen LogP contribution in [0.25, 0.3) is 0 Å². The van der Waals surface area contributed by atoms with Crippen LogP contribution in [0.15, 0.2) is 11.6 Å². The Bertz CT molecular complexity index is 1500. The third-order valence-corrected chi connectivity index (χ3v) is 17.7. The number of fused-ring (bicyclic) bond motifs is 7. The standard InChI is InChI=1S/C42H68O14/c1-19-10-13-42(37(51)52)15-14-40(6)21(27(42)20(19)2)8-9-26-39(5)16-22(45)34(38(3,4)25(39)11-12-41(26,40)7)56-36-33(31(49)29(47)24(18-44)54-36)55-35-32(50)30(48)28(46)23(17-43)53-35/h10,20-36,43-50H,8-9,11-18H2,1-7H3,(H,51,52)/t20-,21-,22-,23-,24-,25+,26?,27-,28-,29-,30+,31+,32-,33-,34+,35+,36+,39+,40-,41-,42+/m1/s1. The number of aliphatic carboxylic acids is 1. The summed E-state index contributed by atoms with van der Waals surface area (Å²) in [7, 11) is 0. The summed E-state index contributed by atoms with van der Waals surface area (Å²) in [5.41, 5.74) is -0.619. The summed E-state index contributed by atoms with van der Waals surface area (Å²) in [5.74, 6) is 0.173. The monoisotopic (exact) mass is 796 g/mol. The van der Waals surface area contributed by atoms with Crippen molar-refractivity contribution in [3.8, 4) is 0 Å². The fourth-order valence-electron chi connectivity index (χ4n) is 14.4. The second-order valence-corrected chi connectivity index (χ2v) is 20.3. The average Bonchev–Trinajstić information content (AvgIpc) is 3.14. The minimum atomic E-state index is -1.80. The molecule has 2 saturated heterocycles. The summed E-state index contributed by atoms with van der Waals surface area (Å²) in [6.07, 6.45) is -9.32. The smallest absolute Gasteiger partial charge is 0.310 e. The largest absolute Gasteiger partial charge is 0.481 e. The zero-order chi connectivity index (χ0) is 41.1. The fourth-order valence-corrected chi connectivity index (χ4v) is 14.4. The summed E-state index contributed by atoms with van der Waals surface area (Å²) in [5, 5.41) is 96.4. The molecule has 0 aromatic rings.